The summed E-state index contributed by atoms with van der Waals surface area (Å²) in [5.74, 6) is 0. The Kier molecular flexibility index (Phi) is 11.4. The van der Waals surface area contributed by atoms with E-state index in [9.17, 15) is 0 Å². The second-order valence-electron chi connectivity index (χ2n) is 0.473. The van der Waals surface area contributed by atoms with Gasteiger partial charge in [0.2, 0.25) is 0 Å². The summed E-state index contributed by atoms with van der Waals surface area (Å²) < 4.78 is 9.09. The average molecular weight is 164 g/mol. The molecule has 0 rings (SSSR count). The molecule has 0 saturated carbocycles. The Morgan fingerprint density at radius 1 is 1.43 bits per heavy atom. The van der Waals surface area contributed by atoms with E-state index in [0.717, 1.165) is 0 Å². The van der Waals surface area contributed by atoms with E-state index >= 15 is 0 Å². The highest BCUT2D eigenvalue weighted by atomic mass is 35.7. The third-order valence-corrected chi connectivity index (χ3v) is 0. The van der Waals surface area contributed by atoms with Gasteiger partial charge in [0.25, 0.3) is 0 Å². The highest BCUT2D eigenvalue weighted by molar-refractivity contribution is 7.79. The molecule has 0 bridgehead atoms. The lowest BCUT2D eigenvalue weighted by atomic mass is 15.8. The van der Waals surface area contributed by atoms with E-state index < -0.39 is 6.95 Å². The quantitative estimate of drug-likeness (QED) is 0.331. The lowest BCUT2D eigenvalue weighted by molar-refractivity contribution is 0.395. The average Bonchev–Trinajstić information content (AvgIpc) is 0.722. The maximum Gasteiger partial charge on any atom is 0.419 e. The largest absolute Gasteiger partial charge is 0.419 e. The van der Waals surface area contributed by atoms with Crippen LogP contribution in [0.1, 0.15) is 0 Å². The zero-order valence-corrected chi connectivity index (χ0v) is 4.28. The van der Waals surface area contributed by atoms with Gasteiger partial charge in [-0.25, -0.2) is 4.57 Å². The summed E-state index contributed by atoms with van der Waals surface area (Å²) in [5, 5.41) is 0. The first kappa shape index (κ1) is 15.7. The van der Waals surface area contributed by atoms with Gasteiger partial charge >= 0.3 is 6.95 Å². The molecule has 0 spiro atoms. The fourth-order valence-electron chi connectivity index (χ4n) is 0. The van der Waals surface area contributed by atoms with Crippen LogP contribution in [0.3, 0.4) is 0 Å². The van der Waals surface area contributed by atoms with E-state index in [0.29, 0.717) is 0 Å². The predicted octanol–water partition coefficient (Wildman–Crippen LogP) is -1.69. The first-order chi connectivity index (χ1) is 2.00. The molecule has 0 unspecified atom stereocenters. The fraction of sp³-hybridized carbons (Fsp3) is 0. The molecule has 0 radical (unpaired) electrons. The molecule has 46 valence electrons. The number of hydrogen-bond acceptors (Lipinski definition) is 1. The van der Waals surface area contributed by atoms with Crippen LogP contribution in [-0.2, 0) is 4.57 Å². The normalized spacial score (nSPS) is 8.43. The SMILES string of the molecule is O.O=P(O)(O)Cl.[AlH3]. The number of halogens is 1. The molecule has 7 heteroatoms. The van der Waals surface area contributed by atoms with Crippen LogP contribution in [0.4, 0.5) is 0 Å². The molecular formula is H7AlClO4P. The summed E-state index contributed by atoms with van der Waals surface area (Å²) in [6, 6.07) is 0. The number of hydrogen-bond donors (Lipinski definition) is 2. The first-order valence-corrected chi connectivity index (χ1v) is 3.27. The maximum atomic E-state index is 9.09. The summed E-state index contributed by atoms with van der Waals surface area (Å²) in [7, 11) is 0. The molecule has 0 aliphatic heterocycles. The molecule has 0 fully saturated rings. The molecule has 0 aromatic heterocycles. The smallest absolute Gasteiger partial charge is 0.412 e. The molecule has 4 nitrogen and oxygen atoms in total. The fourth-order valence-corrected chi connectivity index (χ4v) is 0. The van der Waals surface area contributed by atoms with Gasteiger partial charge in [-0.2, -0.15) is 0 Å². The van der Waals surface area contributed by atoms with Crippen LogP contribution >= 0.6 is 18.2 Å². The molecule has 0 aliphatic carbocycles. The summed E-state index contributed by atoms with van der Waals surface area (Å²) in [6.07, 6.45) is 0. The Balaban J connectivity index is -0.0000000800. The van der Waals surface area contributed by atoms with Crippen LogP contribution in [0.15, 0.2) is 0 Å². The standard InChI is InChI=1S/Al.ClH2O3P.H2O.3H/c;1-5(2,3)4;;;;/h;(H2,2,3,4);1H2;;;. The second kappa shape index (κ2) is 5.08. The van der Waals surface area contributed by atoms with E-state index in [4.69, 9.17) is 14.4 Å². The van der Waals surface area contributed by atoms with Crippen molar-refractivity contribution in [2.45, 2.75) is 0 Å². The summed E-state index contributed by atoms with van der Waals surface area (Å²) in [4.78, 5) is 14.8. The van der Waals surface area contributed by atoms with Crippen molar-refractivity contribution in [1.29, 1.82) is 0 Å². The van der Waals surface area contributed by atoms with Crippen molar-refractivity contribution < 1.29 is 19.8 Å². The van der Waals surface area contributed by atoms with Gasteiger partial charge in [-0.1, -0.05) is 0 Å². The zero-order valence-electron chi connectivity index (χ0n) is 2.63. The molecule has 0 saturated heterocycles. The van der Waals surface area contributed by atoms with Crippen LogP contribution in [-0.4, -0.2) is 32.6 Å². The van der Waals surface area contributed by atoms with Crippen LogP contribution in [0, 0.1) is 0 Å². The molecule has 0 atom stereocenters. The van der Waals surface area contributed by atoms with Crippen molar-refractivity contribution >= 4 is 35.6 Å². The Hall–Kier alpha value is 0.932. The van der Waals surface area contributed by atoms with Gasteiger partial charge in [0.15, 0.2) is 17.4 Å². The van der Waals surface area contributed by atoms with E-state index in [1.165, 1.54) is 0 Å². The van der Waals surface area contributed by atoms with E-state index in [1.807, 2.05) is 0 Å². The lowest BCUT2D eigenvalue weighted by Crippen LogP contribution is -1.54. The highest BCUT2D eigenvalue weighted by Crippen LogP contribution is 2.39. The van der Waals surface area contributed by atoms with Gasteiger partial charge in [-0.15, -0.1) is 0 Å². The third kappa shape index (κ3) is 194. The van der Waals surface area contributed by atoms with Crippen LogP contribution in [0.5, 0.6) is 0 Å². The van der Waals surface area contributed by atoms with Gasteiger partial charge in [-0.05, 0) is 0 Å². The van der Waals surface area contributed by atoms with Crippen LogP contribution in [0.25, 0.3) is 0 Å². The van der Waals surface area contributed by atoms with Crippen molar-refractivity contribution in [2.75, 3.05) is 0 Å². The van der Waals surface area contributed by atoms with Gasteiger partial charge in [0, 0.05) is 11.2 Å². The lowest BCUT2D eigenvalue weighted by Gasteiger charge is -1.80. The molecule has 4 N–H and O–H groups in total. The maximum absolute atomic E-state index is 9.09. The van der Waals surface area contributed by atoms with Gasteiger partial charge in [-0.3, -0.25) is 0 Å². The molecule has 0 aliphatic rings. The summed E-state index contributed by atoms with van der Waals surface area (Å²) in [6.45, 7) is -4.17. The Morgan fingerprint density at radius 3 is 1.43 bits per heavy atom. The van der Waals surface area contributed by atoms with Gasteiger partial charge in [0.05, 0.1) is 0 Å². The molecule has 7 heavy (non-hydrogen) atoms. The Bertz CT molecular complexity index is 57.8. The molecule has 0 heterocycles. The van der Waals surface area contributed by atoms with Crippen molar-refractivity contribution in [3.8, 4) is 0 Å². The summed E-state index contributed by atoms with van der Waals surface area (Å²) >= 11 is 4.20. The summed E-state index contributed by atoms with van der Waals surface area (Å²) in [5.41, 5.74) is 0. The third-order valence-electron chi connectivity index (χ3n) is 0. The van der Waals surface area contributed by atoms with E-state index in [2.05, 4.69) is 11.2 Å². The van der Waals surface area contributed by atoms with Crippen molar-refractivity contribution in [2.24, 2.45) is 0 Å². The van der Waals surface area contributed by atoms with Crippen molar-refractivity contribution in [3.63, 3.8) is 0 Å². The Morgan fingerprint density at radius 2 is 1.43 bits per heavy atom. The monoisotopic (exact) mass is 164 g/mol. The zero-order chi connectivity index (χ0) is 4.50. The van der Waals surface area contributed by atoms with Crippen molar-refractivity contribution in [1.82, 2.24) is 0 Å². The molecule has 0 aromatic rings. The van der Waals surface area contributed by atoms with Gasteiger partial charge < -0.3 is 15.3 Å². The molecule has 0 amide bonds. The minimum atomic E-state index is -4.17. The van der Waals surface area contributed by atoms with Crippen LogP contribution < -0.4 is 0 Å². The first-order valence-electron chi connectivity index (χ1n) is 0.752. The van der Waals surface area contributed by atoms with Crippen LogP contribution in [0.2, 0.25) is 0 Å². The minimum absolute atomic E-state index is 0. The van der Waals surface area contributed by atoms with E-state index in [-0.39, 0.29) is 22.8 Å². The van der Waals surface area contributed by atoms with Gasteiger partial charge in [0.1, 0.15) is 0 Å². The predicted molar refractivity (Wildman–Crippen MR) is 31.4 cm³/mol. The molecule has 0 aromatic carbocycles. The second-order valence-corrected chi connectivity index (χ2v) is 2.74. The Labute approximate surface area is 55.9 Å². The highest BCUT2D eigenvalue weighted by Gasteiger charge is 2.01. The van der Waals surface area contributed by atoms with Crippen molar-refractivity contribution in [3.05, 3.63) is 0 Å². The molecular weight excluding hydrogens is 157 g/mol. The minimum Gasteiger partial charge on any atom is -0.412 e. The number of rotatable bonds is 0. The van der Waals surface area contributed by atoms with E-state index in [1.54, 1.807) is 0 Å². The topological polar surface area (TPSA) is 89.0 Å².